The van der Waals surface area contributed by atoms with E-state index in [-0.39, 0.29) is 12.1 Å². The van der Waals surface area contributed by atoms with Gasteiger partial charge in [-0.25, -0.2) is 9.18 Å². The first-order valence-corrected chi connectivity index (χ1v) is 8.72. The zero-order valence-corrected chi connectivity index (χ0v) is 16.3. The topological polar surface area (TPSA) is 46.5 Å². The maximum atomic E-state index is 14.5. The lowest BCUT2D eigenvalue weighted by atomic mass is 9.95. The fraction of sp³-hybridized carbons (Fsp3) is 0.211. The Balaban J connectivity index is 2.54. The second-order valence-electron chi connectivity index (χ2n) is 6.33. The summed E-state index contributed by atoms with van der Waals surface area (Å²) < 4.78 is 135. The number of hydrogen-bond acceptors (Lipinski definition) is 2. The van der Waals surface area contributed by atoms with Crippen molar-refractivity contribution >= 4 is 23.4 Å². The monoisotopic (exact) mass is 510 g/mol. The van der Waals surface area contributed by atoms with Gasteiger partial charge in [0.05, 0.1) is 16.1 Å². The van der Waals surface area contributed by atoms with E-state index in [1.54, 1.807) is 0 Å². The van der Waals surface area contributed by atoms with Crippen LogP contribution in [0.1, 0.15) is 33.0 Å². The summed E-state index contributed by atoms with van der Waals surface area (Å²) in [5, 5.41) is 7.94. The fourth-order valence-corrected chi connectivity index (χ4v) is 2.88. The molecule has 14 heteroatoms. The van der Waals surface area contributed by atoms with E-state index < -0.39 is 69.5 Å². The lowest BCUT2D eigenvalue weighted by Crippen LogP contribution is -2.20. The van der Waals surface area contributed by atoms with Crippen molar-refractivity contribution in [3.05, 3.63) is 69.8 Å². The first kappa shape index (κ1) is 26.3. The lowest BCUT2D eigenvalue weighted by Gasteiger charge is -2.19. The average Bonchev–Trinajstić information content (AvgIpc) is 2.64. The SMILES string of the molecule is O=C(O)c1ccc(/C(F)=C/C(c2ccc(OC(F)(F)F)c(Cl)c2)C(F)(F)F)cc1C(F)(F)F. The molecule has 1 N–H and O–H groups in total. The van der Waals surface area contributed by atoms with Crippen LogP contribution < -0.4 is 4.74 Å². The predicted molar refractivity (Wildman–Crippen MR) is 94.4 cm³/mol. The van der Waals surface area contributed by atoms with E-state index in [0.717, 1.165) is 0 Å². The van der Waals surface area contributed by atoms with Crippen LogP contribution >= 0.6 is 11.6 Å². The van der Waals surface area contributed by atoms with Crippen molar-refractivity contribution < 1.29 is 58.5 Å². The van der Waals surface area contributed by atoms with Crippen LogP contribution in [0.25, 0.3) is 5.83 Å². The van der Waals surface area contributed by atoms with Crippen molar-refractivity contribution in [2.45, 2.75) is 24.6 Å². The molecular formula is C19H9ClF10O3. The maximum Gasteiger partial charge on any atom is 0.573 e. The Bertz CT molecular complexity index is 1070. The van der Waals surface area contributed by atoms with Gasteiger partial charge < -0.3 is 9.84 Å². The third-order valence-electron chi connectivity index (χ3n) is 4.04. The molecular weight excluding hydrogens is 502 g/mol. The van der Waals surface area contributed by atoms with Gasteiger partial charge in [-0.3, -0.25) is 0 Å². The van der Waals surface area contributed by atoms with E-state index in [0.29, 0.717) is 30.3 Å². The normalized spacial score (nSPS) is 14.2. The molecule has 2 rings (SSSR count). The predicted octanol–water partition coefficient (Wildman–Crippen LogP) is 7.61. The van der Waals surface area contributed by atoms with Gasteiger partial charge in [0.1, 0.15) is 17.5 Å². The molecule has 0 bridgehead atoms. The Hall–Kier alpha value is -2.96. The van der Waals surface area contributed by atoms with Gasteiger partial charge in [-0.1, -0.05) is 23.7 Å². The Morgan fingerprint density at radius 1 is 0.970 bits per heavy atom. The van der Waals surface area contributed by atoms with Crippen LogP contribution in [0.5, 0.6) is 5.75 Å². The van der Waals surface area contributed by atoms with Gasteiger partial charge in [-0.2, -0.15) is 26.3 Å². The number of allylic oxidation sites excluding steroid dienone is 1. The van der Waals surface area contributed by atoms with Crippen LogP contribution in [0.3, 0.4) is 0 Å². The van der Waals surface area contributed by atoms with Gasteiger partial charge in [-0.15, -0.1) is 13.2 Å². The number of hydrogen-bond donors (Lipinski definition) is 1. The van der Waals surface area contributed by atoms with Gasteiger partial charge in [0.25, 0.3) is 0 Å². The van der Waals surface area contributed by atoms with Gasteiger partial charge in [0.2, 0.25) is 0 Å². The minimum Gasteiger partial charge on any atom is -0.478 e. The van der Waals surface area contributed by atoms with E-state index in [1.165, 1.54) is 0 Å². The molecule has 0 fully saturated rings. The van der Waals surface area contributed by atoms with E-state index in [9.17, 15) is 48.7 Å². The summed E-state index contributed by atoms with van der Waals surface area (Å²) >= 11 is 5.51. The number of halogens is 11. The van der Waals surface area contributed by atoms with Crippen molar-refractivity contribution in [3.8, 4) is 5.75 Å². The molecule has 180 valence electrons. The number of carbonyl (C=O) groups is 1. The molecule has 3 nitrogen and oxygen atoms in total. The number of rotatable bonds is 5. The third kappa shape index (κ3) is 6.76. The second kappa shape index (κ2) is 9.12. The summed E-state index contributed by atoms with van der Waals surface area (Å²) in [6.45, 7) is 0. The zero-order chi connectivity index (χ0) is 25.4. The van der Waals surface area contributed by atoms with E-state index >= 15 is 0 Å². The quantitative estimate of drug-likeness (QED) is 0.421. The van der Waals surface area contributed by atoms with E-state index in [4.69, 9.17) is 16.7 Å². The molecule has 33 heavy (non-hydrogen) atoms. The van der Waals surface area contributed by atoms with Crippen LogP contribution in [0.4, 0.5) is 43.9 Å². The summed E-state index contributed by atoms with van der Waals surface area (Å²) in [6.07, 6.45) is -15.8. The molecule has 0 radical (unpaired) electrons. The van der Waals surface area contributed by atoms with Crippen LogP contribution in [0, 0.1) is 0 Å². The van der Waals surface area contributed by atoms with Crippen LogP contribution in [-0.4, -0.2) is 23.6 Å². The summed E-state index contributed by atoms with van der Waals surface area (Å²) in [5.74, 6) is -7.66. The van der Waals surface area contributed by atoms with Crippen molar-refractivity contribution in [3.63, 3.8) is 0 Å². The molecule has 0 heterocycles. The highest BCUT2D eigenvalue weighted by molar-refractivity contribution is 6.32. The molecule has 1 unspecified atom stereocenters. The number of alkyl halides is 9. The van der Waals surface area contributed by atoms with Crippen LogP contribution in [0.2, 0.25) is 5.02 Å². The van der Waals surface area contributed by atoms with E-state index in [2.05, 4.69) is 4.74 Å². The smallest absolute Gasteiger partial charge is 0.478 e. The standard InChI is InChI=1S/C19H9ClF10O3/c20-13-6-8(2-4-15(13)33-19(28,29)30)11(17(22,23)24)7-14(21)9-1-3-10(16(31)32)12(5-9)18(25,26)27/h1-7,11H,(H,31,32)/b14-7-. The van der Waals surface area contributed by atoms with Gasteiger partial charge in [0, 0.05) is 5.56 Å². The summed E-state index contributed by atoms with van der Waals surface area (Å²) in [7, 11) is 0. The molecule has 2 aromatic rings. The summed E-state index contributed by atoms with van der Waals surface area (Å²) in [4.78, 5) is 10.9. The maximum absolute atomic E-state index is 14.5. The highest BCUT2D eigenvalue weighted by Crippen LogP contribution is 2.42. The highest BCUT2D eigenvalue weighted by atomic mass is 35.5. The van der Waals surface area contributed by atoms with Gasteiger partial charge in [0.15, 0.2) is 0 Å². The molecule has 1 atom stereocenters. The summed E-state index contributed by atoms with van der Waals surface area (Å²) in [5.41, 5.74) is -4.89. The number of carboxylic acids is 1. The van der Waals surface area contributed by atoms with Crippen molar-refractivity contribution in [2.24, 2.45) is 0 Å². The first-order chi connectivity index (χ1) is 14.9. The molecule has 0 aliphatic heterocycles. The number of benzene rings is 2. The molecule has 0 aromatic heterocycles. The van der Waals surface area contributed by atoms with Crippen molar-refractivity contribution in [1.82, 2.24) is 0 Å². The molecule has 0 aliphatic carbocycles. The van der Waals surface area contributed by atoms with Gasteiger partial charge >= 0.3 is 24.7 Å². The van der Waals surface area contributed by atoms with E-state index in [1.807, 2.05) is 0 Å². The fourth-order valence-electron chi connectivity index (χ4n) is 2.65. The Kier molecular flexibility index (Phi) is 7.27. The lowest BCUT2D eigenvalue weighted by molar-refractivity contribution is -0.274. The minimum atomic E-state index is -5.25. The first-order valence-electron chi connectivity index (χ1n) is 8.34. The molecule has 0 amide bonds. The highest BCUT2D eigenvalue weighted by Gasteiger charge is 2.41. The molecule has 0 saturated heterocycles. The van der Waals surface area contributed by atoms with Crippen LogP contribution in [0.15, 0.2) is 42.5 Å². The Labute approximate surface area is 182 Å². The Morgan fingerprint density at radius 3 is 2.03 bits per heavy atom. The van der Waals surface area contributed by atoms with Gasteiger partial charge in [-0.05, 0) is 35.9 Å². The Morgan fingerprint density at radius 2 is 1.58 bits per heavy atom. The van der Waals surface area contributed by atoms with Crippen molar-refractivity contribution in [2.75, 3.05) is 0 Å². The number of aromatic carboxylic acids is 1. The molecule has 0 saturated carbocycles. The molecule has 0 aliphatic rings. The molecule has 2 aromatic carbocycles. The van der Waals surface area contributed by atoms with Crippen molar-refractivity contribution in [1.29, 1.82) is 0 Å². The molecule has 0 spiro atoms. The summed E-state index contributed by atoms with van der Waals surface area (Å²) in [6, 6.07) is 2.33. The number of ether oxygens (including phenoxy) is 1. The third-order valence-corrected chi connectivity index (χ3v) is 4.33. The largest absolute Gasteiger partial charge is 0.573 e. The number of carboxylic acid groups (broad SMARTS) is 1. The average molecular weight is 511 g/mol. The zero-order valence-electron chi connectivity index (χ0n) is 15.5. The van der Waals surface area contributed by atoms with Crippen LogP contribution in [-0.2, 0) is 6.18 Å². The minimum absolute atomic E-state index is 0.0238. The second-order valence-corrected chi connectivity index (χ2v) is 6.74.